The molecule has 0 amide bonds. The number of hydrogen-bond donors (Lipinski definition) is 0. The SMILES string of the molecule is COc1ccccc1-c1noc(CSc2nc3ccccc3c(=O)n2Cc2cccnc2)n1. The van der Waals surface area contributed by atoms with Crippen molar-refractivity contribution in [3.63, 3.8) is 0 Å². The lowest BCUT2D eigenvalue weighted by Gasteiger charge is -2.12. The van der Waals surface area contributed by atoms with Crippen molar-refractivity contribution in [1.29, 1.82) is 0 Å². The van der Waals surface area contributed by atoms with E-state index in [1.54, 1.807) is 30.1 Å². The van der Waals surface area contributed by atoms with Gasteiger partial charge < -0.3 is 9.26 Å². The van der Waals surface area contributed by atoms with Gasteiger partial charge in [0.25, 0.3) is 5.56 Å². The largest absolute Gasteiger partial charge is 0.496 e. The fraction of sp³-hybridized carbons (Fsp3) is 0.125. The molecule has 0 unspecified atom stereocenters. The summed E-state index contributed by atoms with van der Waals surface area (Å²) in [5, 5.41) is 5.23. The van der Waals surface area contributed by atoms with Crippen LogP contribution in [0.25, 0.3) is 22.3 Å². The summed E-state index contributed by atoms with van der Waals surface area (Å²) in [6, 6.07) is 18.6. The first-order chi connectivity index (χ1) is 16.2. The van der Waals surface area contributed by atoms with E-state index in [0.717, 1.165) is 11.1 Å². The molecule has 9 heteroatoms. The van der Waals surface area contributed by atoms with Crippen LogP contribution in [0.15, 0.2) is 87.5 Å². The van der Waals surface area contributed by atoms with Gasteiger partial charge in [-0.1, -0.05) is 47.3 Å². The highest BCUT2D eigenvalue weighted by atomic mass is 32.2. The molecule has 0 atom stereocenters. The molecule has 0 N–H and O–H groups in total. The minimum Gasteiger partial charge on any atom is -0.496 e. The van der Waals surface area contributed by atoms with Gasteiger partial charge in [0.15, 0.2) is 5.16 Å². The molecule has 0 bridgehead atoms. The van der Waals surface area contributed by atoms with Gasteiger partial charge in [0.2, 0.25) is 11.7 Å². The maximum absolute atomic E-state index is 13.2. The third-order valence-corrected chi connectivity index (χ3v) is 5.99. The highest BCUT2D eigenvalue weighted by Gasteiger charge is 2.16. The minimum atomic E-state index is -0.104. The molecule has 0 aliphatic rings. The summed E-state index contributed by atoms with van der Waals surface area (Å²) >= 11 is 1.37. The number of para-hydroxylation sites is 2. The molecule has 164 valence electrons. The number of pyridine rings is 1. The zero-order chi connectivity index (χ0) is 22.6. The Bertz CT molecular complexity index is 1470. The lowest BCUT2D eigenvalue weighted by atomic mass is 10.2. The van der Waals surface area contributed by atoms with E-state index in [2.05, 4.69) is 15.1 Å². The third kappa shape index (κ3) is 4.35. The van der Waals surface area contributed by atoms with Gasteiger partial charge in [0.05, 0.1) is 35.9 Å². The van der Waals surface area contributed by atoms with Crippen LogP contribution in [0.3, 0.4) is 0 Å². The predicted octanol–water partition coefficient (Wildman–Crippen LogP) is 4.19. The summed E-state index contributed by atoms with van der Waals surface area (Å²) in [5.74, 6) is 1.90. The fourth-order valence-corrected chi connectivity index (χ4v) is 4.29. The molecule has 0 saturated heterocycles. The molecule has 8 nitrogen and oxygen atoms in total. The summed E-state index contributed by atoms with van der Waals surface area (Å²) in [6.07, 6.45) is 3.45. The van der Waals surface area contributed by atoms with E-state index >= 15 is 0 Å². The van der Waals surface area contributed by atoms with Gasteiger partial charge in [-0.15, -0.1) is 0 Å². The van der Waals surface area contributed by atoms with Crippen molar-refractivity contribution in [3.05, 3.63) is 94.9 Å². The van der Waals surface area contributed by atoms with Gasteiger partial charge >= 0.3 is 0 Å². The number of ether oxygens (including phenoxy) is 1. The second-order valence-corrected chi connectivity index (χ2v) is 8.11. The molecule has 0 radical (unpaired) electrons. The summed E-state index contributed by atoms with van der Waals surface area (Å²) in [7, 11) is 1.60. The van der Waals surface area contributed by atoms with E-state index in [0.29, 0.717) is 45.8 Å². The molecule has 5 rings (SSSR count). The summed E-state index contributed by atoms with van der Waals surface area (Å²) in [6.45, 7) is 0.364. The van der Waals surface area contributed by atoms with Gasteiger partial charge in [0.1, 0.15) is 5.75 Å². The second kappa shape index (κ2) is 9.25. The van der Waals surface area contributed by atoms with Crippen LogP contribution in [0.1, 0.15) is 11.5 Å². The number of methoxy groups -OCH3 is 1. The van der Waals surface area contributed by atoms with Gasteiger partial charge in [0, 0.05) is 12.4 Å². The molecule has 2 aromatic carbocycles. The number of hydrogen-bond acceptors (Lipinski definition) is 8. The number of nitrogens with zero attached hydrogens (tertiary/aromatic N) is 5. The third-order valence-electron chi connectivity index (χ3n) is 5.03. The van der Waals surface area contributed by atoms with Crippen LogP contribution in [0, 0.1) is 0 Å². The van der Waals surface area contributed by atoms with E-state index in [-0.39, 0.29) is 5.56 Å². The summed E-state index contributed by atoms with van der Waals surface area (Å²) in [4.78, 5) is 26.6. The first-order valence-electron chi connectivity index (χ1n) is 10.2. The van der Waals surface area contributed by atoms with Gasteiger partial charge in [-0.3, -0.25) is 14.3 Å². The molecule has 0 saturated carbocycles. The van der Waals surface area contributed by atoms with Crippen LogP contribution >= 0.6 is 11.8 Å². The fourth-order valence-electron chi connectivity index (χ4n) is 3.45. The highest BCUT2D eigenvalue weighted by Crippen LogP contribution is 2.28. The standard InChI is InChI=1S/C24H19N5O3S/c1-31-20-11-5-3-9-18(20)22-27-21(32-28-22)15-33-24-26-19-10-4-2-8-17(19)23(30)29(24)14-16-7-6-12-25-13-16/h2-13H,14-15H2,1H3. The number of rotatable bonds is 7. The first kappa shape index (κ1) is 20.9. The Balaban J connectivity index is 1.46. The van der Waals surface area contributed by atoms with Crippen molar-refractivity contribution >= 4 is 22.7 Å². The topological polar surface area (TPSA) is 95.9 Å². The maximum atomic E-state index is 13.2. The summed E-state index contributed by atoms with van der Waals surface area (Å²) < 4.78 is 12.5. The zero-order valence-corrected chi connectivity index (χ0v) is 18.5. The quantitative estimate of drug-likeness (QED) is 0.265. The number of thioether (sulfide) groups is 1. The van der Waals surface area contributed by atoms with Crippen molar-refractivity contribution in [2.45, 2.75) is 17.5 Å². The lowest BCUT2D eigenvalue weighted by molar-refractivity contribution is 0.390. The van der Waals surface area contributed by atoms with Gasteiger partial charge in [-0.25, -0.2) is 4.98 Å². The lowest BCUT2D eigenvalue weighted by Crippen LogP contribution is -2.24. The van der Waals surface area contributed by atoms with Gasteiger partial charge in [-0.05, 0) is 35.9 Å². The van der Waals surface area contributed by atoms with Crippen LogP contribution in [0.2, 0.25) is 0 Å². The van der Waals surface area contributed by atoms with Crippen LogP contribution in [0.4, 0.5) is 0 Å². The Morgan fingerprint density at radius 1 is 1.03 bits per heavy atom. The van der Waals surface area contributed by atoms with Crippen molar-refractivity contribution in [2.75, 3.05) is 7.11 Å². The van der Waals surface area contributed by atoms with Crippen molar-refractivity contribution in [1.82, 2.24) is 24.7 Å². The molecule has 3 heterocycles. The Morgan fingerprint density at radius 2 is 1.88 bits per heavy atom. The Hall–Kier alpha value is -3.98. The average Bonchev–Trinajstić information content (AvgIpc) is 3.34. The molecule has 3 aromatic heterocycles. The Kier molecular flexibility index (Phi) is 5.86. The molecular weight excluding hydrogens is 438 g/mol. The van der Waals surface area contributed by atoms with Crippen molar-refractivity contribution < 1.29 is 9.26 Å². The second-order valence-electron chi connectivity index (χ2n) is 7.16. The molecule has 0 spiro atoms. The zero-order valence-electron chi connectivity index (χ0n) is 17.7. The summed E-state index contributed by atoms with van der Waals surface area (Å²) in [5.41, 5.74) is 2.20. The predicted molar refractivity (Wildman–Crippen MR) is 125 cm³/mol. The van der Waals surface area contributed by atoms with Gasteiger partial charge in [-0.2, -0.15) is 4.98 Å². The van der Waals surface area contributed by atoms with E-state index in [1.807, 2.05) is 54.6 Å². The van der Waals surface area contributed by atoms with E-state index < -0.39 is 0 Å². The Morgan fingerprint density at radius 3 is 2.73 bits per heavy atom. The van der Waals surface area contributed by atoms with Crippen LogP contribution in [-0.4, -0.2) is 31.8 Å². The molecular formula is C24H19N5O3S. The smallest absolute Gasteiger partial charge is 0.262 e. The normalized spacial score (nSPS) is 11.1. The van der Waals surface area contributed by atoms with Crippen LogP contribution < -0.4 is 10.3 Å². The van der Waals surface area contributed by atoms with E-state index in [4.69, 9.17) is 14.2 Å². The molecule has 33 heavy (non-hydrogen) atoms. The number of aromatic nitrogens is 5. The van der Waals surface area contributed by atoms with Crippen LogP contribution in [0.5, 0.6) is 5.75 Å². The van der Waals surface area contributed by atoms with E-state index in [1.165, 1.54) is 11.8 Å². The minimum absolute atomic E-state index is 0.104. The molecule has 5 aromatic rings. The number of benzene rings is 2. The van der Waals surface area contributed by atoms with Crippen molar-refractivity contribution in [3.8, 4) is 17.1 Å². The molecule has 0 aliphatic carbocycles. The van der Waals surface area contributed by atoms with Crippen LogP contribution in [-0.2, 0) is 12.3 Å². The van der Waals surface area contributed by atoms with Crippen molar-refractivity contribution in [2.24, 2.45) is 0 Å². The highest BCUT2D eigenvalue weighted by molar-refractivity contribution is 7.98. The Labute approximate surface area is 193 Å². The molecule has 0 fully saturated rings. The monoisotopic (exact) mass is 457 g/mol. The maximum Gasteiger partial charge on any atom is 0.262 e. The van der Waals surface area contributed by atoms with E-state index in [9.17, 15) is 4.79 Å². The number of fused-ring (bicyclic) bond motifs is 1. The first-order valence-corrected chi connectivity index (χ1v) is 11.2. The average molecular weight is 458 g/mol. The molecule has 0 aliphatic heterocycles.